The standard InChI is InChI=1S/C19H19Cl3N2O4/c1-3-27-18(25)11-28-19-16(22)7-12(8-17(19)26-2)9-23-24-10-13-14(20)5-4-6-15(13)21/h4-9,24H,3,10-11H2,1-2H3/b23-9-. The molecule has 28 heavy (non-hydrogen) atoms. The molecule has 0 bridgehead atoms. The van der Waals surface area contributed by atoms with Crippen molar-refractivity contribution in [3.05, 3.63) is 56.5 Å². The molecule has 2 rings (SSSR count). The highest BCUT2D eigenvalue weighted by atomic mass is 35.5. The summed E-state index contributed by atoms with van der Waals surface area (Å²) in [6, 6.07) is 8.61. The number of halogens is 3. The molecule has 0 aliphatic rings. The topological polar surface area (TPSA) is 69.2 Å². The molecule has 1 N–H and O–H groups in total. The summed E-state index contributed by atoms with van der Waals surface area (Å²) in [6.45, 7) is 2.08. The van der Waals surface area contributed by atoms with Crippen molar-refractivity contribution in [1.82, 2.24) is 5.43 Å². The number of hydrogen-bond acceptors (Lipinski definition) is 6. The van der Waals surface area contributed by atoms with Gasteiger partial charge in [-0.3, -0.25) is 0 Å². The van der Waals surface area contributed by atoms with Crippen molar-refractivity contribution in [2.75, 3.05) is 20.3 Å². The predicted molar refractivity (Wildman–Crippen MR) is 111 cm³/mol. The Morgan fingerprint density at radius 3 is 2.54 bits per heavy atom. The number of esters is 1. The Kier molecular flexibility index (Phi) is 8.70. The monoisotopic (exact) mass is 444 g/mol. The van der Waals surface area contributed by atoms with Gasteiger partial charge in [-0.05, 0) is 36.8 Å². The molecule has 0 saturated carbocycles. The number of benzene rings is 2. The van der Waals surface area contributed by atoms with Gasteiger partial charge in [0.25, 0.3) is 0 Å². The molecule has 0 saturated heterocycles. The SMILES string of the molecule is CCOC(=O)COc1c(Cl)cc(/C=N\NCc2c(Cl)cccc2Cl)cc1OC. The number of nitrogens with zero attached hydrogens (tertiary/aromatic N) is 1. The first-order valence-corrected chi connectivity index (χ1v) is 9.44. The molecular formula is C19H19Cl3N2O4. The summed E-state index contributed by atoms with van der Waals surface area (Å²) in [5.74, 6) is 0.131. The van der Waals surface area contributed by atoms with E-state index in [2.05, 4.69) is 10.5 Å². The van der Waals surface area contributed by atoms with Crippen molar-refractivity contribution in [2.45, 2.75) is 13.5 Å². The van der Waals surface area contributed by atoms with Gasteiger partial charge in [0.2, 0.25) is 0 Å². The molecule has 0 heterocycles. The van der Waals surface area contributed by atoms with Crippen LogP contribution in [0.4, 0.5) is 0 Å². The molecule has 2 aromatic carbocycles. The summed E-state index contributed by atoms with van der Waals surface area (Å²) in [5.41, 5.74) is 4.30. The molecule has 2 aromatic rings. The van der Waals surface area contributed by atoms with Gasteiger partial charge in [-0.2, -0.15) is 5.10 Å². The van der Waals surface area contributed by atoms with Crippen LogP contribution in [0.2, 0.25) is 15.1 Å². The van der Waals surface area contributed by atoms with Gasteiger partial charge in [-0.25, -0.2) is 4.79 Å². The maximum Gasteiger partial charge on any atom is 0.344 e. The van der Waals surface area contributed by atoms with Gasteiger partial charge in [0.15, 0.2) is 18.1 Å². The molecule has 0 aliphatic heterocycles. The summed E-state index contributed by atoms with van der Waals surface area (Å²) in [5, 5.41) is 5.54. The average Bonchev–Trinajstić information content (AvgIpc) is 2.66. The lowest BCUT2D eigenvalue weighted by Gasteiger charge is -2.12. The van der Waals surface area contributed by atoms with E-state index < -0.39 is 5.97 Å². The van der Waals surface area contributed by atoms with Crippen LogP contribution in [-0.2, 0) is 16.1 Å². The molecule has 150 valence electrons. The Morgan fingerprint density at radius 1 is 1.18 bits per heavy atom. The Labute approximate surface area is 178 Å². The van der Waals surface area contributed by atoms with Gasteiger partial charge in [0.05, 0.1) is 31.5 Å². The third kappa shape index (κ3) is 6.19. The number of methoxy groups -OCH3 is 1. The van der Waals surface area contributed by atoms with E-state index in [0.717, 1.165) is 5.56 Å². The highest BCUT2D eigenvalue weighted by Gasteiger charge is 2.14. The number of rotatable bonds is 9. The lowest BCUT2D eigenvalue weighted by atomic mass is 10.2. The molecule has 0 fully saturated rings. The number of carbonyl (C=O) groups excluding carboxylic acids is 1. The average molecular weight is 446 g/mol. The number of nitrogens with one attached hydrogen (secondary N) is 1. The summed E-state index contributed by atoms with van der Waals surface area (Å²) in [6.07, 6.45) is 1.56. The second-order valence-electron chi connectivity index (χ2n) is 5.42. The zero-order chi connectivity index (χ0) is 20.5. The van der Waals surface area contributed by atoms with Gasteiger partial charge in [-0.1, -0.05) is 40.9 Å². The fourth-order valence-electron chi connectivity index (χ4n) is 2.23. The first-order chi connectivity index (χ1) is 13.5. The van der Waals surface area contributed by atoms with E-state index in [-0.39, 0.29) is 24.0 Å². The van der Waals surface area contributed by atoms with Crippen LogP contribution in [0.15, 0.2) is 35.4 Å². The van der Waals surface area contributed by atoms with Crippen LogP contribution in [0.3, 0.4) is 0 Å². The lowest BCUT2D eigenvalue weighted by molar-refractivity contribution is -0.145. The molecule has 0 aliphatic carbocycles. The summed E-state index contributed by atoms with van der Waals surface area (Å²) in [7, 11) is 1.47. The van der Waals surface area contributed by atoms with Crippen LogP contribution in [0.25, 0.3) is 0 Å². The zero-order valence-electron chi connectivity index (χ0n) is 15.3. The van der Waals surface area contributed by atoms with Gasteiger partial charge in [0, 0.05) is 15.6 Å². The molecule has 9 heteroatoms. The van der Waals surface area contributed by atoms with Crippen LogP contribution in [0.1, 0.15) is 18.1 Å². The van der Waals surface area contributed by atoms with Crippen molar-refractivity contribution < 1.29 is 19.0 Å². The third-order valence-electron chi connectivity index (χ3n) is 3.51. The lowest BCUT2D eigenvalue weighted by Crippen LogP contribution is -2.15. The minimum Gasteiger partial charge on any atom is -0.493 e. The van der Waals surface area contributed by atoms with Crippen LogP contribution in [0.5, 0.6) is 11.5 Å². The molecule has 0 unspecified atom stereocenters. The Hall–Kier alpha value is -2.15. The minimum absolute atomic E-state index is 0.255. The zero-order valence-corrected chi connectivity index (χ0v) is 17.6. The van der Waals surface area contributed by atoms with Crippen molar-refractivity contribution in [3.63, 3.8) is 0 Å². The largest absolute Gasteiger partial charge is 0.493 e. The Morgan fingerprint density at radius 2 is 1.89 bits per heavy atom. The molecule has 0 spiro atoms. The van der Waals surface area contributed by atoms with E-state index in [1.54, 1.807) is 43.5 Å². The minimum atomic E-state index is -0.492. The summed E-state index contributed by atoms with van der Waals surface area (Å²) >= 11 is 18.5. The third-order valence-corrected chi connectivity index (χ3v) is 4.50. The second-order valence-corrected chi connectivity index (χ2v) is 6.64. The van der Waals surface area contributed by atoms with E-state index >= 15 is 0 Å². The maximum absolute atomic E-state index is 11.5. The highest BCUT2D eigenvalue weighted by molar-refractivity contribution is 6.36. The van der Waals surface area contributed by atoms with E-state index in [1.807, 2.05) is 0 Å². The summed E-state index contributed by atoms with van der Waals surface area (Å²) in [4.78, 5) is 11.5. The van der Waals surface area contributed by atoms with E-state index in [0.29, 0.717) is 27.9 Å². The first-order valence-electron chi connectivity index (χ1n) is 8.31. The molecule has 0 atom stereocenters. The molecular weight excluding hydrogens is 427 g/mol. The van der Waals surface area contributed by atoms with Crippen LogP contribution in [0, 0.1) is 0 Å². The van der Waals surface area contributed by atoms with Crippen molar-refractivity contribution in [2.24, 2.45) is 5.10 Å². The normalized spacial score (nSPS) is 10.8. The van der Waals surface area contributed by atoms with Crippen LogP contribution in [-0.4, -0.2) is 32.5 Å². The van der Waals surface area contributed by atoms with Gasteiger partial charge in [-0.15, -0.1) is 0 Å². The van der Waals surface area contributed by atoms with Crippen LogP contribution >= 0.6 is 34.8 Å². The van der Waals surface area contributed by atoms with Gasteiger partial charge >= 0.3 is 5.97 Å². The van der Waals surface area contributed by atoms with E-state index in [9.17, 15) is 4.79 Å². The fourth-order valence-corrected chi connectivity index (χ4v) is 3.04. The molecule has 0 amide bonds. The quantitative estimate of drug-likeness (QED) is 0.343. The van der Waals surface area contributed by atoms with Crippen molar-refractivity contribution in [1.29, 1.82) is 0 Å². The van der Waals surface area contributed by atoms with Crippen molar-refractivity contribution >= 4 is 47.0 Å². The highest BCUT2D eigenvalue weighted by Crippen LogP contribution is 2.36. The van der Waals surface area contributed by atoms with Crippen LogP contribution < -0.4 is 14.9 Å². The number of hydrogen-bond donors (Lipinski definition) is 1. The van der Waals surface area contributed by atoms with E-state index in [4.69, 9.17) is 49.0 Å². The van der Waals surface area contributed by atoms with Gasteiger partial charge in [0.1, 0.15) is 0 Å². The number of hydrazone groups is 1. The number of carbonyl (C=O) groups is 1. The first kappa shape index (κ1) is 22.1. The smallest absolute Gasteiger partial charge is 0.344 e. The predicted octanol–water partition coefficient (Wildman–Crippen LogP) is 4.72. The second kappa shape index (κ2) is 11.0. The Balaban J connectivity index is 2.04. The van der Waals surface area contributed by atoms with Gasteiger partial charge < -0.3 is 19.6 Å². The van der Waals surface area contributed by atoms with Crippen molar-refractivity contribution in [3.8, 4) is 11.5 Å². The molecule has 6 nitrogen and oxygen atoms in total. The fraction of sp³-hybridized carbons (Fsp3) is 0.263. The Bertz CT molecular complexity index is 839. The summed E-state index contributed by atoms with van der Waals surface area (Å²) < 4.78 is 15.5. The maximum atomic E-state index is 11.5. The molecule has 0 radical (unpaired) electrons. The van der Waals surface area contributed by atoms with E-state index in [1.165, 1.54) is 7.11 Å². The number of ether oxygens (including phenoxy) is 3. The molecule has 0 aromatic heterocycles.